The van der Waals surface area contributed by atoms with Gasteiger partial charge >= 0.3 is 0 Å². The lowest BCUT2D eigenvalue weighted by Crippen LogP contribution is -2.52. The molecule has 1 aromatic rings. The van der Waals surface area contributed by atoms with Crippen molar-refractivity contribution in [3.05, 3.63) is 35.9 Å². The fourth-order valence-corrected chi connectivity index (χ4v) is 2.05. The molecule has 2 rings (SSSR count). The maximum atomic E-state index is 9.49. The van der Waals surface area contributed by atoms with E-state index in [-0.39, 0.29) is 12.1 Å². The molecule has 96 valence electrons. The summed E-state index contributed by atoms with van der Waals surface area (Å²) >= 11 is 0. The zero-order valence-corrected chi connectivity index (χ0v) is 10.5. The van der Waals surface area contributed by atoms with Gasteiger partial charge in [-0.15, -0.1) is 0 Å². The van der Waals surface area contributed by atoms with Gasteiger partial charge in [0, 0.05) is 24.3 Å². The lowest BCUT2D eigenvalue weighted by atomic mass is 9.91. The average molecular weight is 245 g/mol. The minimum atomic E-state index is -0.205. The van der Waals surface area contributed by atoms with E-state index in [1.165, 1.54) is 0 Å². The maximum absolute atomic E-state index is 9.49. The van der Waals surface area contributed by atoms with Crippen LogP contribution in [0.3, 0.4) is 0 Å². The van der Waals surface area contributed by atoms with E-state index in [1.54, 1.807) is 0 Å². The summed E-state index contributed by atoms with van der Waals surface area (Å²) in [5.74, 6) is 6.20. The summed E-state index contributed by atoms with van der Waals surface area (Å²) in [6.07, 6.45) is 1.69. The molecule has 18 heavy (non-hydrogen) atoms. The summed E-state index contributed by atoms with van der Waals surface area (Å²) in [4.78, 5) is 0. The Bertz CT molecular complexity index is 413. The van der Waals surface area contributed by atoms with Crippen LogP contribution in [0, 0.1) is 11.8 Å². The molecule has 3 nitrogen and oxygen atoms in total. The minimum Gasteiger partial charge on any atom is -0.394 e. The second-order valence-corrected chi connectivity index (χ2v) is 4.57. The zero-order valence-electron chi connectivity index (χ0n) is 10.5. The van der Waals surface area contributed by atoms with Crippen molar-refractivity contribution in [2.45, 2.75) is 18.4 Å². The Balaban J connectivity index is 1.86. The van der Waals surface area contributed by atoms with Crippen molar-refractivity contribution in [2.24, 2.45) is 0 Å². The van der Waals surface area contributed by atoms with Crippen LogP contribution in [0.15, 0.2) is 30.3 Å². The summed E-state index contributed by atoms with van der Waals surface area (Å²) in [5, 5.41) is 12.8. The molecule has 0 aliphatic carbocycles. The molecule has 2 N–H and O–H groups in total. The standard InChI is InChI=1S/C15H19NO2/c17-13-15(8-11-18-12-9-15)16-10-4-7-14-5-2-1-3-6-14/h1-3,5-6,16-17H,8-13H2. The number of aliphatic hydroxyl groups excluding tert-OH is 1. The van der Waals surface area contributed by atoms with Gasteiger partial charge in [-0.3, -0.25) is 5.32 Å². The van der Waals surface area contributed by atoms with E-state index in [1.807, 2.05) is 30.3 Å². The van der Waals surface area contributed by atoms with Crippen LogP contribution in [0.25, 0.3) is 0 Å². The first-order valence-electron chi connectivity index (χ1n) is 6.32. The average Bonchev–Trinajstić information content (AvgIpc) is 2.46. The Morgan fingerprint density at radius 1 is 1.22 bits per heavy atom. The van der Waals surface area contributed by atoms with Crippen molar-refractivity contribution >= 4 is 0 Å². The third kappa shape index (κ3) is 3.58. The molecule has 0 aromatic heterocycles. The highest BCUT2D eigenvalue weighted by atomic mass is 16.5. The van der Waals surface area contributed by atoms with Crippen LogP contribution in [-0.4, -0.2) is 37.0 Å². The molecule has 3 heteroatoms. The Kier molecular flexibility index (Phi) is 4.77. The summed E-state index contributed by atoms with van der Waals surface area (Å²) in [6.45, 7) is 2.15. The van der Waals surface area contributed by atoms with E-state index in [0.29, 0.717) is 19.8 Å². The Morgan fingerprint density at radius 2 is 1.94 bits per heavy atom. The Labute approximate surface area is 108 Å². The predicted molar refractivity (Wildman–Crippen MR) is 71.2 cm³/mol. The Hall–Kier alpha value is -1.34. The van der Waals surface area contributed by atoms with E-state index in [9.17, 15) is 5.11 Å². The smallest absolute Gasteiger partial charge is 0.0615 e. The fraction of sp³-hybridized carbons (Fsp3) is 0.467. The first-order valence-corrected chi connectivity index (χ1v) is 6.32. The fourth-order valence-electron chi connectivity index (χ4n) is 2.05. The van der Waals surface area contributed by atoms with Gasteiger partial charge in [0.15, 0.2) is 0 Å². The highest BCUT2D eigenvalue weighted by Crippen LogP contribution is 2.19. The molecule has 0 bridgehead atoms. The number of nitrogens with one attached hydrogen (secondary N) is 1. The van der Waals surface area contributed by atoms with E-state index in [2.05, 4.69) is 17.2 Å². The van der Waals surface area contributed by atoms with Gasteiger partial charge < -0.3 is 9.84 Å². The highest BCUT2D eigenvalue weighted by Gasteiger charge is 2.30. The Morgan fingerprint density at radius 3 is 2.61 bits per heavy atom. The monoisotopic (exact) mass is 245 g/mol. The summed E-state index contributed by atoms with van der Waals surface area (Å²) in [6, 6.07) is 9.91. The number of hydrogen-bond donors (Lipinski definition) is 2. The van der Waals surface area contributed by atoms with Crippen molar-refractivity contribution < 1.29 is 9.84 Å². The maximum Gasteiger partial charge on any atom is 0.0615 e. The molecule has 0 amide bonds. The first kappa shape index (κ1) is 13.1. The van der Waals surface area contributed by atoms with Crippen molar-refractivity contribution in [3.63, 3.8) is 0 Å². The van der Waals surface area contributed by atoms with Gasteiger partial charge in [-0.25, -0.2) is 0 Å². The third-order valence-corrected chi connectivity index (χ3v) is 3.31. The van der Waals surface area contributed by atoms with Gasteiger partial charge in [-0.1, -0.05) is 30.0 Å². The molecular weight excluding hydrogens is 226 g/mol. The minimum absolute atomic E-state index is 0.142. The van der Waals surface area contributed by atoms with Crippen LogP contribution in [-0.2, 0) is 4.74 Å². The molecule has 1 heterocycles. The number of hydrogen-bond acceptors (Lipinski definition) is 3. The molecule has 0 unspecified atom stereocenters. The van der Waals surface area contributed by atoms with E-state index < -0.39 is 0 Å². The largest absolute Gasteiger partial charge is 0.394 e. The topological polar surface area (TPSA) is 41.5 Å². The van der Waals surface area contributed by atoms with Crippen LogP contribution in [0.4, 0.5) is 0 Å². The molecule has 1 aliphatic rings. The van der Waals surface area contributed by atoms with Gasteiger partial charge in [0.1, 0.15) is 0 Å². The SMILES string of the molecule is OCC1(NCC#Cc2ccccc2)CCOCC1. The van der Waals surface area contributed by atoms with Crippen molar-refractivity contribution in [2.75, 3.05) is 26.4 Å². The zero-order chi connectivity index (χ0) is 12.7. The number of benzene rings is 1. The van der Waals surface area contributed by atoms with Gasteiger partial charge in [0.25, 0.3) is 0 Å². The van der Waals surface area contributed by atoms with E-state index in [4.69, 9.17) is 4.74 Å². The molecule has 0 saturated carbocycles. The second-order valence-electron chi connectivity index (χ2n) is 4.57. The van der Waals surface area contributed by atoms with Crippen LogP contribution in [0.1, 0.15) is 18.4 Å². The lowest BCUT2D eigenvalue weighted by molar-refractivity contribution is 0.0139. The third-order valence-electron chi connectivity index (χ3n) is 3.31. The number of ether oxygens (including phenoxy) is 1. The molecule has 0 atom stereocenters. The van der Waals surface area contributed by atoms with Gasteiger partial charge in [0.05, 0.1) is 13.2 Å². The molecular formula is C15H19NO2. The van der Waals surface area contributed by atoms with Crippen LogP contribution >= 0.6 is 0 Å². The van der Waals surface area contributed by atoms with Gasteiger partial charge in [-0.2, -0.15) is 0 Å². The molecule has 1 aliphatic heterocycles. The predicted octanol–water partition coefficient (Wildman–Crippen LogP) is 1.17. The van der Waals surface area contributed by atoms with Gasteiger partial charge in [0.2, 0.25) is 0 Å². The van der Waals surface area contributed by atoms with Crippen molar-refractivity contribution in [3.8, 4) is 11.8 Å². The summed E-state index contributed by atoms with van der Waals surface area (Å²) in [7, 11) is 0. The normalized spacial score (nSPS) is 17.8. The number of rotatable bonds is 3. The highest BCUT2D eigenvalue weighted by molar-refractivity contribution is 5.33. The molecule has 0 radical (unpaired) electrons. The second kappa shape index (κ2) is 6.55. The van der Waals surface area contributed by atoms with Crippen LogP contribution in [0.5, 0.6) is 0 Å². The summed E-state index contributed by atoms with van der Waals surface area (Å²) in [5.41, 5.74) is 0.813. The van der Waals surface area contributed by atoms with Crippen LogP contribution < -0.4 is 5.32 Å². The quantitative estimate of drug-likeness (QED) is 0.785. The summed E-state index contributed by atoms with van der Waals surface area (Å²) < 4.78 is 5.32. The molecule has 0 spiro atoms. The molecule has 1 aromatic carbocycles. The number of aliphatic hydroxyl groups is 1. The first-order chi connectivity index (χ1) is 8.85. The van der Waals surface area contributed by atoms with Crippen molar-refractivity contribution in [1.29, 1.82) is 0 Å². The lowest BCUT2D eigenvalue weighted by Gasteiger charge is -2.35. The van der Waals surface area contributed by atoms with E-state index >= 15 is 0 Å². The van der Waals surface area contributed by atoms with Crippen molar-refractivity contribution in [1.82, 2.24) is 5.32 Å². The van der Waals surface area contributed by atoms with Gasteiger partial charge in [-0.05, 0) is 25.0 Å². The molecule has 1 fully saturated rings. The van der Waals surface area contributed by atoms with E-state index in [0.717, 1.165) is 18.4 Å². The molecule has 1 saturated heterocycles. The van der Waals surface area contributed by atoms with Crippen LogP contribution in [0.2, 0.25) is 0 Å².